The Morgan fingerprint density at radius 3 is 1.80 bits per heavy atom. The van der Waals surface area contributed by atoms with Crippen LogP contribution in [0.5, 0.6) is 0 Å². The van der Waals surface area contributed by atoms with Crippen molar-refractivity contribution in [2.24, 2.45) is 0 Å². The minimum absolute atomic E-state index is 0.0790. The third-order valence-electron chi connectivity index (χ3n) is 13.8. The molecule has 0 unspecified atom stereocenters. The number of hydrogen-bond acceptors (Lipinski definition) is 1. The molecular weight excluding hydrogens is 725 g/mol. The van der Waals surface area contributed by atoms with Gasteiger partial charge in [0.25, 0.3) is 0 Å². The summed E-state index contributed by atoms with van der Waals surface area (Å²) in [6.45, 7) is 9.46. The van der Waals surface area contributed by atoms with Crippen LogP contribution in [-0.4, -0.2) is 4.57 Å². The van der Waals surface area contributed by atoms with Crippen LogP contribution in [-0.2, 0) is 10.8 Å². The minimum atomic E-state index is -0.0990. The van der Waals surface area contributed by atoms with Crippen LogP contribution in [0, 0.1) is 0 Å². The summed E-state index contributed by atoms with van der Waals surface area (Å²) in [5, 5.41) is 5.00. The van der Waals surface area contributed by atoms with Gasteiger partial charge in [0.2, 0.25) is 0 Å². The number of hydrogen-bond donors (Lipinski definition) is 0. The van der Waals surface area contributed by atoms with Gasteiger partial charge in [-0.3, -0.25) is 0 Å². The molecule has 12 rings (SSSR count). The van der Waals surface area contributed by atoms with Crippen LogP contribution in [0.1, 0.15) is 49.9 Å². The summed E-state index contributed by atoms with van der Waals surface area (Å²) < 4.78 is 2.46. The molecule has 0 N–H and O–H groups in total. The van der Waals surface area contributed by atoms with E-state index >= 15 is 0 Å². The Morgan fingerprint density at radius 2 is 0.983 bits per heavy atom. The maximum Gasteiger partial charge on any atom is 0.0544 e. The van der Waals surface area contributed by atoms with Gasteiger partial charge in [-0.25, -0.2) is 0 Å². The fraction of sp³-hybridized carbons (Fsp3) is 0.103. The normalized spacial score (nSPS) is 14.3. The van der Waals surface area contributed by atoms with Crippen LogP contribution in [0.2, 0.25) is 0 Å². The number of anilines is 3. The Balaban J connectivity index is 1.04. The van der Waals surface area contributed by atoms with Crippen LogP contribution in [0.15, 0.2) is 194 Å². The van der Waals surface area contributed by atoms with E-state index in [0.29, 0.717) is 0 Å². The number of fused-ring (bicyclic) bond motifs is 10. The standard InChI is InChI=1S/C58H44N2/c1-57(2)49-24-13-11-22-44(49)56-50(57)25-15-27-54(56)59(52-26-14-17-38-16-8-9-20-42(38)52)41-31-28-37(29-32-41)39-30-33-53-46(34-39)47-35-45-43-21-10-12-23-48(43)58(3,4)51(45)36-55(47)60(53)40-18-6-5-7-19-40/h5-36H,1-4H3. The van der Waals surface area contributed by atoms with E-state index in [2.05, 4.69) is 231 Å². The van der Waals surface area contributed by atoms with E-state index < -0.39 is 0 Å². The molecule has 0 atom stereocenters. The Morgan fingerprint density at radius 1 is 0.383 bits per heavy atom. The lowest BCUT2D eigenvalue weighted by atomic mass is 9.82. The zero-order chi connectivity index (χ0) is 40.3. The first kappa shape index (κ1) is 34.8. The first-order valence-electron chi connectivity index (χ1n) is 21.2. The van der Waals surface area contributed by atoms with Gasteiger partial charge < -0.3 is 9.47 Å². The average Bonchev–Trinajstić information content (AvgIpc) is 3.83. The smallest absolute Gasteiger partial charge is 0.0544 e. The highest BCUT2D eigenvalue weighted by atomic mass is 15.1. The first-order chi connectivity index (χ1) is 29.3. The van der Waals surface area contributed by atoms with Gasteiger partial charge in [0.15, 0.2) is 0 Å². The third kappa shape index (κ3) is 4.88. The SMILES string of the molecule is CC1(C)c2ccccc2-c2cc3c4cc(-c5ccc(N(c6cccc7c6-c6ccccc6C7(C)C)c6cccc7ccccc67)cc5)ccc4n(-c4ccccc4)c3cc21. The minimum Gasteiger partial charge on any atom is -0.309 e. The van der Waals surface area contributed by atoms with E-state index in [0.717, 1.165) is 5.69 Å². The Bertz CT molecular complexity index is 3360. The van der Waals surface area contributed by atoms with Crippen molar-refractivity contribution < 1.29 is 0 Å². The summed E-state index contributed by atoms with van der Waals surface area (Å²) in [5.74, 6) is 0. The van der Waals surface area contributed by atoms with Crippen LogP contribution >= 0.6 is 0 Å². The van der Waals surface area contributed by atoms with Crippen LogP contribution in [0.3, 0.4) is 0 Å². The van der Waals surface area contributed by atoms with Crippen molar-refractivity contribution in [2.75, 3.05) is 4.90 Å². The third-order valence-corrected chi connectivity index (χ3v) is 13.8. The molecule has 60 heavy (non-hydrogen) atoms. The molecule has 1 aromatic heterocycles. The number of aromatic nitrogens is 1. The van der Waals surface area contributed by atoms with Crippen molar-refractivity contribution in [3.63, 3.8) is 0 Å². The average molecular weight is 769 g/mol. The van der Waals surface area contributed by atoms with Crippen LogP contribution in [0.25, 0.3) is 71.6 Å². The summed E-state index contributed by atoms with van der Waals surface area (Å²) in [6, 6.07) is 72.2. The molecule has 0 spiro atoms. The summed E-state index contributed by atoms with van der Waals surface area (Å²) >= 11 is 0. The molecule has 9 aromatic carbocycles. The molecule has 10 aromatic rings. The van der Waals surface area contributed by atoms with E-state index in [9.17, 15) is 0 Å². The maximum absolute atomic E-state index is 2.49. The van der Waals surface area contributed by atoms with Gasteiger partial charge in [-0.15, -0.1) is 0 Å². The monoisotopic (exact) mass is 768 g/mol. The van der Waals surface area contributed by atoms with Gasteiger partial charge in [0, 0.05) is 43.9 Å². The second-order valence-electron chi connectivity index (χ2n) is 17.7. The van der Waals surface area contributed by atoms with Crippen molar-refractivity contribution in [1.82, 2.24) is 4.57 Å². The molecule has 2 aliphatic carbocycles. The molecule has 0 fully saturated rings. The van der Waals surface area contributed by atoms with Gasteiger partial charge >= 0.3 is 0 Å². The molecule has 2 nitrogen and oxygen atoms in total. The molecule has 2 aliphatic rings. The Kier molecular flexibility index (Phi) is 7.36. The summed E-state index contributed by atoms with van der Waals surface area (Å²) in [4.78, 5) is 2.49. The fourth-order valence-electron chi connectivity index (χ4n) is 10.8. The lowest BCUT2D eigenvalue weighted by Gasteiger charge is -2.30. The zero-order valence-corrected chi connectivity index (χ0v) is 34.4. The topological polar surface area (TPSA) is 8.17 Å². The molecule has 286 valence electrons. The van der Waals surface area contributed by atoms with E-state index in [1.165, 1.54) is 105 Å². The van der Waals surface area contributed by atoms with E-state index in [4.69, 9.17) is 0 Å². The second-order valence-corrected chi connectivity index (χ2v) is 17.7. The van der Waals surface area contributed by atoms with Gasteiger partial charge in [-0.1, -0.05) is 161 Å². The molecule has 2 heteroatoms. The molecule has 0 saturated heterocycles. The van der Waals surface area contributed by atoms with Crippen molar-refractivity contribution in [3.8, 4) is 39.1 Å². The molecule has 0 aliphatic heterocycles. The number of para-hydroxylation sites is 1. The van der Waals surface area contributed by atoms with Gasteiger partial charge in [-0.05, 0) is 116 Å². The quantitative estimate of drug-likeness (QED) is 0.169. The Labute approximate surface area is 351 Å². The largest absolute Gasteiger partial charge is 0.309 e. The van der Waals surface area contributed by atoms with Gasteiger partial charge in [0.05, 0.1) is 22.4 Å². The highest BCUT2D eigenvalue weighted by Crippen LogP contribution is 2.55. The Hall–Kier alpha value is -7.16. The molecule has 1 heterocycles. The van der Waals surface area contributed by atoms with Crippen molar-refractivity contribution in [2.45, 2.75) is 38.5 Å². The van der Waals surface area contributed by atoms with Crippen molar-refractivity contribution >= 4 is 49.6 Å². The second kappa shape index (κ2) is 12.7. The lowest BCUT2D eigenvalue weighted by molar-refractivity contribution is 0.660. The number of rotatable bonds is 5. The molecule has 0 amide bonds. The van der Waals surface area contributed by atoms with E-state index in [-0.39, 0.29) is 10.8 Å². The van der Waals surface area contributed by atoms with Crippen molar-refractivity contribution in [1.29, 1.82) is 0 Å². The molecule has 0 saturated carbocycles. The molecule has 0 bridgehead atoms. The lowest BCUT2D eigenvalue weighted by Crippen LogP contribution is -2.16. The highest BCUT2D eigenvalue weighted by molar-refractivity contribution is 6.13. The summed E-state index contributed by atoms with van der Waals surface area (Å²) in [7, 11) is 0. The predicted octanol–water partition coefficient (Wildman–Crippen LogP) is 15.7. The number of benzene rings is 9. The highest BCUT2D eigenvalue weighted by Gasteiger charge is 2.38. The fourth-order valence-corrected chi connectivity index (χ4v) is 10.8. The summed E-state index contributed by atoms with van der Waals surface area (Å²) in [6.07, 6.45) is 0. The maximum atomic E-state index is 2.49. The van der Waals surface area contributed by atoms with Gasteiger partial charge in [-0.2, -0.15) is 0 Å². The van der Waals surface area contributed by atoms with Crippen molar-refractivity contribution in [3.05, 3.63) is 216 Å². The first-order valence-corrected chi connectivity index (χ1v) is 21.2. The summed E-state index contributed by atoms with van der Waals surface area (Å²) in [5.41, 5.74) is 20.2. The van der Waals surface area contributed by atoms with E-state index in [1.807, 2.05) is 0 Å². The van der Waals surface area contributed by atoms with Crippen LogP contribution in [0.4, 0.5) is 17.1 Å². The number of nitrogens with zero attached hydrogens (tertiary/aromatic N) is 2. The molecule has 0 radical (unpaired) electrons. The molecular formula is C58H44N2. The zero-order valence-electron chi connectivity index (χ0n) is 34.4. The van der Waals surface area contributed by atoms with Gasteiger partial charge in [0.1, 0.15) is 0 Å². The van der Waals surface area contributed by atoms with Crippen LogP contribution < -0.4 is 4.90 Å². The predicted molar refractivity (Wildman–Crippen MR) is 254 cm³/mol. The van der Waals surface area contributed by atoms with E-state index in [1.54, 1.807) is 0 Å².